The third kappa shape index (κ3) is 3.00. The predicted molar refractivity (Wildman–Crippen MR) is 95.6 cm³/mol. The van der Waals surface area contributed by atoms with Gasteiger partial charge in [-0.3, -0.25) is 4.79 Å². The maximum Gasteiger partial charge on any atom is 0.290 e. The molecule has 4 saturated carbocycles. The number of nitrogens with one attached hydrogen (secondary N) is 1. The van der Waals surface area contributed by atoms with E-state index in [2.05, 4.69) is 10.5 Å². The number of hydrogen-bond donors (Lipinski definition) is 1. The molecule has 1 aromatic carbocycles. The molecule has 2 aromatic rings. The lowest BCUT2D eigenvalue weighted by atomic mass is 9.53. The highest BCUT2D eigenvalue weighted by Gasteiger charge is 2.51. The number of ether oxygens (including phenoxy) is 1. The van der Waals surface area contributed by atoms with E-state index >= 15 is 0 Å². The fraction of sp³-hybridized carbons (Fsp3) is 0.524. The molecule has 136 valence electrons. The molecule has 0 radical (unpaired) electrons. The first-order chi connectivity index (χ1) is 12.7. The maximum atomic E-state index is 12.7. The fourth-order valence-electron chi connectivity index (χ4n) is 5.73. The molecule has 4 aliphatic rings. The predicted octanol–water partition coefficient (Wildman–Crippen LogP) is 3.95. The van der Waals surface area contributed by atoms with Crippen molar-refractivity contribution in [2.45, 2.75) is 50.7 Å². The van der Waals surface area contributed by atoms with Crippen LogP contribution in [0.3, 0.4) is 0 Å². The Morgan fingerprint density at radius 1 is 1.12 bits per heavy atom. The summed E-state index contributed by atoms with van der Waals surface area (Å²) in [6.07, 6.45) is 7.43. The summed E-state index contributed by atoms with van der Waals surface area (Å²) >= 11 is 0. The van der Waals surface area contributed by atoms with Crippen molar-refractivity contribution in [1.82, 2.24) is 10.5 Å². The van der Waals surface area contributed by atoms with Crippen LogP contribution in [0.1, 0.15) is 54.6 Å². The van der Waals surface area contributed by atoms with Crippen LogP contribution in [0.15, 0.2) is 40.9 Å². The summed E-state index contributed by atoms with van der Waals surface area (Å²) in [6.45, 7) is 0.406. The lowest BCUT2D eigenvalue weighted by Crippen LogP contribution is -2.59. The molecule has 1 aromatic heterocycles. The first-order valence-electron chi connectivity index (χ1n) is 9.63. The van der Waals surface area contributed by atoms with Crippen LogP contribution < -0.4 is 10.1 Å². The first kappa shape index (κ1) is 15.9. The summed E-state index contributed by atoms with van der Waals surface area (Å²) in [7, 11) is 0. The van der Waals surface area contributed by atoms with Gasteiger partial charge in [0.05, 0.1) is 6.07 Å². The van der Waals surface area contributed by atoms with Gasteiger partial charge in [-0.05, 0) is 67.0 Å². The molecule has 1 amide bonds. The quantitative estimate of drug-likeness (QED) is 0.885. The lowest BCUT2D eigenvalue weighted by molar-refractivity contribution is -0.0172. The Bertz CT molecular complexity index is 763. The van der Waals surface area contributed by atoms with Crippen LogP contribution in [0.5, 0.6) is 5.88 Å². The summed E-state index contributed by atoms with van der Waals surface area (Å²) < 4.78 is 10.9. The number of benzene rings is 1. The van der Waals surface area contributed by atoms with Gasteiger partial charge < -0.3 is 14.6 Å². The van der Waals surface area contributed by atoms with E-state index in [1.807, 2.05) is 30.3 Å². The third-order valence-electron chi connectivity index (χ3n) is 6.36. The third-order valence-corrected chi connectivity index (χ3v) is 6.36. The Balaban J connectivity index is 1.23. The summed E-state index contributed by atoms with van der Waals surface area (Å²) in [5.74, 6) is 2.81. The van der Waals surface area contributed by atoms with E-state index in [4.69, 9.17) is 9.26 Å². The van der Waals surface area contributed by atoms with Crippen molar-refractivity contribution >= 4 is 5.91 Å². The Hall–Kier alpha value is -2.30. The number of carbonyl (C=O) groups excluding carboxylic acids is 1. The molecule has 4 fully saturated rings. The molecule has 6 rings (SSSR count). The minimum atomic E-state index is -0.158. The van der Waals surface area contributed by atoms with Crippen molar-refractivity contribution in [2.24, 2.45) is 17.8 Å². The largest absolute Gasteiger partial charge is 0.471 e. The van der Waals surface area contributed by atoms with Gasteiger partial charge in [0.15, 0.2) is 0 Å². The monoisotopic (exact) mass is 352 g/mol. The normalized spacial score (nSPS) is 31.8. The van der Waals surface area contributed by atoms with E-state index in [0.717, 1.165) is 42.6 Å². The fourth-order valence-corrected chi connectivity index (χ4v) is 5.73. The van der Waals surface area contributed by atoms with Gasteiger partial charge in [-0.1, -0.05) is 30.3 Å². The summed E-state index contributed by atoms with van der Waals surface area (Å²) in [6, 6.07) is 11.5. The Morgan fingerprint density at radius 3 is 2.42 bits per heavy atom. The van der Waals surface area contributed by atoms with Gasteiger partial charge in [0, 0.05) is 5.54 Å². The zero-order chi connectivity index (χ0) is 17.6. The van der Waals surface area contributed by atoms with E-state index < -0.39 is 0 Å². The molecule has 1 N–H and O–H groups in total. The molecular formula is C21H24N2O3. The molecule has 0 unspecified atom stereocenters. The number of carbonyl (C=O) groups is 1. The zero-order valence-corrected chi connectivity index (χ0v) is 14.8. The molecular weight excluding hydrogens is 328 g/mol. The summed E-state index contributed by atoms with van der Waals surface area (Å²) in [5.41, 5.74) is 1.03. The summed E-state index contributed by atoms with van der Waals surface area (Å²) in [5, 5.41) is 7.19. The number of hydrogen-bond acceptors (Lipinski definition) is 4. The standard InChI is InChI=1S/C21H24N2O3/c24-20(22-21-10-15-6-16(11-21)8-17(7-15)12-21)18-9-19(23-26-18)25-13-14-4-2-1-3-5-14/h1-5,9,15-17H,6-8,10-13H2,(H,22,24). The Kier molecular flexibility index (Phi) is 3.76. The number of rotatable bonds is 5. The van der Waals surface area contributed by atoms with Crippen LogP contribution in [0.25, 0.3) is 0 Å². The molecule has 0 saturated heterocycles. The number of nitrogens with zero attached hydrogens (tertiary/aromatic N) is 1. The van der Waals surface area contributed by atoms with Gasteiger partial charge in [-0.25, -0.2) is 0 Å². The highest BCUT2D eigenvalue weighted by molar-refractivity contribution is 5.92. The van der Waals surface area contributed by atoms with Crippen LogP contribution in [0.2, 0.25) is 0 Å². The number of aromatic nitrogens is 1. The van der Waals surface area contributed by atoms with Crippen molar-refractivity contribution in [1.29, 1.82) is 0 Å². The van der Waals surface area contributed by atoms with Crippen molar-refractivity contribution in [3.63, 3.8) is 0 Å². The molecule has 0 atom stereocenters. The van der Waals surface area contributed by atoms with Crippen LogP contribution in [-0.4, -0.2) is 16.6 Å². The summed E-state index contributed by atoms with van der Waals surface area (Å²) in [4.78, 5) is 12.7. The smallest absolute Gasteiger partial charge is 0.290 e. The minimum absolute atomic E-state index is 0.0241. The lowest BCUT2D eigenvalue weighted by Gasteiger charge is -2.56. The minimum Gasteiger partial charge on any atom is -0.471 e. The van der Waals surface area contributed by atoms with Crippen LogP contribution >= 0.6 is 0 Å². The Morgan fingerprint density at radius 2 is 1.77 bits per heavy atom. The molecule has 5 heteroatoms. The van der Waals surface area contributed by atoms with E-state index in [0.29, 0.717) is 12.5 Å². The second-order valence-electron chi connectivity index (χ2n) is 8.46. The highest BCUT2D eigenvalue weighted by Crippen LogP contribution is 2.55. The molecule has 5 nitrogen and oxygen atoms in total. The second kappa shape index (κ2) is 6.15. The van der Waals surface area contributed by atoms with Gasteiger partial charge >= 0.3 is 0 Å². The SMILES string of the molecule is O=C(NC12CC3CC(CC(C3)C1)C2)c1cc(OCc2ccccc2)no1. The highest BCUT2D eigenvalue weighted by atomic mass is 16.5. The van der Waals surface area contributed by atoms with Gasteiger partial charge in [0.1, 0.15) is 6.61 Å². The zero-order valence-electron chi connectivity index (χ0n) is 14.8. The topological polar surface area (TPSA) is 64.4 Å². The molecule has 0 spiro atoms. The Labute approximate surface area is 153 Å². The van der Waals surface area contributed by atoms with Gasteiger partial charge in [0.2, 0.25) is 5.76 Å². The van der Waals surface area contributed by atoms with Gasteiger partial charge in [-0.15, -0.1) is 0 Å². The van der Waals surface area contributed by atoms with Gasteiger partial charge in [0.25, 0.3) is 11.8 Å². The van der Waals surface area contributed by atoms with E-state index in [1.165, 1.54) is 19.3 Å². The maximum absolute atomic E-state index is 12.7. The second-order valence-corrected chi connectivity index (χ2v) is 8.46. The molecule has 1 heterocycles. The molecule has 0 aliphatic heterocycles. The average Bonchev–Trinajstić information content (AvgIpc) is 3.08. The molecule has 4 aliphatic carbocycles. The van der Waals surface area contributed by atoms with E-state index in [1.54, 1.807) is 6.07 Å². The van der Waals surface area contributed by atoms with Crippen LogP contribution in [0.4, 0.5) is 0 Å². The van der Waals surface area contributed by atoms with E-state index in [-0.39, 0.29) is 17.2 Å². The molecule has 26 heavy (non-hydrogen) atoms. The molecule has 4 bridgehead atoms. The van der Waals surface area contributed by atoms with Gasteiger partial charge in [-0.2, -0.15) is 0 Å². The van der Waals surface area contributed by atoms with Crippen LogP contribution in [0, 0.1) is 17.8 Å². The van der Waals surface area contributed by atoms with Crippen molar-refractivity contribution < 1.29 is 14.1 Å². The first-order valence-corrected chi connectivity index (χ1v) is 9.63. The van der Waals surface area contributed by atoms with Crippen molar-refractivity contribution in [3.8, 4) is 5.88 Å². The van der Waals surface area contributed by atoms with Crippen molar-refractivity contribution in [2.75, 3.05) is 0 Å². The van der Waals surface area contributed by atoms with Crippen molar-refractivity contribution in [3.05, 3.63) is 47.7 Å². The van der Waals surface area contributed by atoms with E-state index in [9.17, 15) is 4.79 Å². The average molecular weight is 352 g/mol. The number of amides is 1. The van der Waals surface area contributed by atoms with Crippen LogP contribution in [-0.2, 0) is 6.61 Å².